The molecule has 1 aromatic carbocycles. The quantitative estimate of drug-likeness (QED) is 0.475. The summed E-state index contributed by atoms with van der Waals surface area (Å²) in [5, 5.41) is 0. The molecule has 2 aliphatic rings. The minimum absolute atomic E-state index is 0.0433. The predicted octanol–water partition coefficient (Wildman–Crippen LogP) is 5.06. The fourth-order valence-corrected chi connectivity index (χ4v) is 5.29. The molecule has 1 aliphatic heterocycles. The first kappa shape index (κ1) is 25.6. The van der Waals surface area contributed by atoms with Gasteiger partial charge in [0, 0.05) is 19.3 Å². The Morgan fingerprint density at radius 1 is 1.24 bits per heavy atom. The number of nitrogens with zero attached hydrogens (tertiary/aromatic N) is 1. The van der Waals surface area contributed by atoms with Crippen molar-refractivity contribution in [2.75, 3.05) is 26.0 Å². The number of amides is 1. The van der Waals surface area contributed by atoms with Crippen LogP contribution >= 0.6 is 0 Å². The van der Waals surface area contributed by atoms with Gasteiger partial charge in [0.15, 0.2) is 27.0 Å². The van der Waals surface area contributed by atoms with Gasteiger partial charge >= 0.3 is 6.09 Å². The molecule has 0 bridgehead atoms. The van der Waals surface area contributed by atoms with E-state index in [-0.39, 0.29) is 16.1 Å². The minimum Gasteiger partial charge on any atom is -0.491 e. The molecule has 0 unspecified atom stereocenters. The van der Waals surface area contributed by atoms with Crippen LogP contribution < -0.4 is 4.74 Å². The van der Waals surface area contributed by atoms with Crippen molar-refractivity contribution in [3.63, 3.8) is 0 Å². The van der Waals surface area contributed by atoms with Crippen molar-refractivity contribution in [2.24, 2.45) is 11.3 Å². The molecular weight excluding hydrogens is 459 g/mol. The number of ether oxygens (including phenoxy) is 2. The normalized spacial score (nSPS) is 18.9. The Hall–Kier alpha value is -1.97. The minimum atomic E-state index is -3.46. The molecule has 0 radical (unpaired) electrons. The Labute approximate surface area is 193 Å². The molecule has 33 heavy (non-hydrogen) atoms. The lowest BCUT2D eigenvalue weighted by molar-refractivity contribution is -0.0929. The van der Waals surface area contributed by atoms with E-state index in [1.54, 1.807) is 0 Å². The first-order valence-corrected chi connectivity index (χ1v) is 13.1. The Morgan fingerprint density at radius 2 is 1.88 bits per heavy atom. The Balaban J connectivity index is 1.35. The van der Waals surface area contributed by atoms with Crippen LogP contribution in [0, 0.1) is 17.2 Å². The molecule has 6 nitrogen and oxygen atoms in total. The fraction of sp³-hybridized carbons (Fsp3) is 0.696. The van der Waals surface area contributed by atoms with Crippen LogP contribution in [0.15, 0.2) is 23.1 Å². The average Bonchev–Trinajstić information content (AvgIpc) is 2.69. The SMILES string of the molecule is CC(C)(OC(=O)N1CCC2(CC1)CC(CCCOc1ccc(S(C)(=O)=O)cc1F)C2)C(F)F. The van der Waals surface area contributed by atoms with E-state index >= 15 is 0 Å². The molecular formula is C23H32F3NO5S. The number of rotatable bonds is 8. The van der Waals surface area contributed by atoms with Crippen LogP contribution in [-0.2, 0) is 14.6 Å². The zero-order chi connectivity index (χ0) is 24.4. The zero-order valence-corrected chi connectivity index (χ0v) is 20.1. The number of alkyl halides is 2. The highest BCUT2D eigenvalue weighted by atomic mass is 32.2. The molecule has 2 fully saturated rings. The predicted molar refractivity (Wildman–Crippen MR) is 117 cm³/mol. The summed E-state index contributed by atoms with van der Waals surface area (Å²) in [6.07, 6.45) is 3.08. The summed E-state index contributed by atoms with van der Waals surface area (Å²) < 4.78 is 73.3. The fourth-order valence-electron chi connectivity index (χ4n) is 4.66. The van der Waals surface area contributed by atoms with Crippen molar-refractivity contribution in [3.8, 4) is 5.75 Å². The summed E-state index contributed by atoms with van der Waals surface area (Å²) in [4.78, 5) is 13.6. The van der Waals surface area contributed by atoms with Crippen LogP contribution in [0.1, 0.15) is 52.4 Å². The van der Waals surface area contributed by atoms with Crippen LogP contribution in [0.3, 0.4) is 0 Å². The van der Waals surface area contributed by atoms with Gasteiger partial charge in [0.25, 0.3) is 6.43 Å². The zero-order valence-electron chi connectivity index (χ0n) is 19.3. The summed E-state index contributed by atoms with van der Waals surface area (Å²) in [7, 11) is -3.46. The van der Waals surface area contributed by atoms with E-state index in [0.717, 1.165) is 50.8 Å². The van der Waals surface area contributed by atoms with E-state index in [1.165, 1.54) is 30.9 Å². The third-order valence-corrected chi connectivity index (χ3v) is 7.86. The Morgan fingerprint density at radius 3 is 2.42 bits per heavy atom. The summed E-state index contributed by atoms with van der Waals surface area (Å²) in [5.74, 6) is -0.105. The van der Waals surface area contributed by atoms with Crippen molar-refractivity contribution < 1.29 is 35.9 Å². The molecule has 1 amide bonds. The molecule has 0 N–H and O–H groups in total. The van der Waals surface area contributed by atoms with E-state index in [9.17, 15) is 26.4 Å². The van der Waals surface area contributed by atoms with Crippen molar-refractivity contribution in [1.29, 1.82) is 0 Å². The lowest BCUT2D eigenvalue weighted by Crippen LogP contribution is -2.50. The van der Waals surface area contributed by atoms with Gasteiger partial charge in [-0.3, -0.25) is 0 Å². The highest BCUT2D eigenvalue weighted by Gasteiger charge is 2.46. The molecule has 10 heteroatoms. The van der Waals surface area contributed by atoms with Gasteiger partial charge < -0.3 is 14.4 Å². The third-order valence-electron chi connectivity index (χ3n) is 6.75. The molecule has 0 atom stereocenters. The number of sulfone groups is 1. The number of hydrogen-bond donors (Lipinski definition) is 0. The van der Waals surface area contributed by atoms with Gasteiger partial charge in [-0.1, -0.05) is 0 Å². The average molecular weight is 492 g/mol. The van der Waals surface area contributed by atoms with Crippen LogP contribution in [0.2, 0.25) is 0 Å². The van der Waals surface area contributed by atoms with Crippen molar-refractivity contribution >= 4 is 15.9 Å². The van der Waals surface area contributed by atoms with E-state index in [2.05, 4.69) is 0 Å². The standard InChI is InChI=1S/C23H32F3NO5S/c1-22(2,20(25)26)32-21(28)27-10-8-23(9-11-27)14-16(15-23)5-4-12-31-19-7-6-17(13-18(19)24)33(3,29)30/h6-7,13,16,20H,4-5,8-12,14-15H2,1-3H3. The highest BCUT2D eigenvalue weighted by Crippen LogP contribution is 2.54. The largest absolute Gasteiger partial charge is 0.491 e. The second-order valence-corrected chi connectivity index (χ2v) is 11.9. The van der Waals surface area contributed by atoms with E-state index in [1.807, 2.05) is 0 Å². The molecule has 0 aromatic heterocycles. The number of piperidine rings is 1. The summed E-state index contributed by atoms with van der Waals surface area (Å²) in [6, 6.07) is 3.64. The summed E-state index contributed by atoms with van der Waals surface area (Å²) in [6.45, 7) is 3.78. The first-order chi connectivity index (χ1) is 15.3. The van der Waals surface area contributed by atoms with Crippen LogP contribution in [0.5, 0.6) is 5.75 Å². The first-order valence-electron chi connectivity index (χ1n) is 11.2. The highest BCUT2D eigenvalue weighted by molar-refractivity contribution is 7.90. The number of hydrogen-bond acceptors (Lipinski definition) is 5. The second-order valence-electron chi connectivity index (χ2n) is 9.89. The molecule has 1 saturated heterocycles. The molecule has 1 saturated carbocycles. The van der Waals surface area contributed by atoms with Crippen LogP contribution in [0.25, 0.3) is 0 Å². The van der Waals surface area contributed by atoms with Crippen LogP contribution in [-0.4, -0.2) is 57.4 Å². The number of likely N-dealkylation sites (tertiary alicyclic amines) is 1. The Bertz CT molecular complexity index is 951. The maximum atomic E-state index is 14.0. The number of benzene rings is 1. The van der Waals surface area contributed by atoms with E-state index in [0.29, 0.717) is 25.6 Å². The maximum Gasteiger partial charge on any atom is 0.410 e. The lowest BCUT2D eigenvalue weighted by atomic mass is 9.56. The second kappa shape index (κ2) is 9.72. The molecule has 1 aliphatic carbocycles. The van der Waals surface area contributed by atoms with Crippen molar-refractivity contribution in [3.05, 3.63) is 24.0 Å². The maximum absolute atomic E-state index is 14.0. The summed E-state index contributed by atoms with van der Waals surface area (Å²) in [5.41, 5.74) is -1.59. The van der Waals surface area contributed by atoms with Crippen molar-refractivity contribution in [1.82, 2.24) is 4.90 Å². The number of carbonyl (C=O) groups excluding carboxylic acids is 1. The van der Waals surface area contributed by atoms with Gasteiger partial charge in [-0.05, 0) is 81.9 Å². The molecule has 186 valence electrons. The van der Waals surface area contributed by atoms with Crippen molar-refractivity contribution in [2.45, 2.75) is 69.3 Å². The van der Waals surface area contributed by atoms with E-state index in [4.69, 9.17) is 9.47 Å². The van der Waals surface area contributed by atoms with Crippen LogP contribution in [0.4, 0.5) is 18.0 Å². The van der Waals surface area contributed by atoms with Gasteiger partial charge in [0.05, 0.1) is 11.5 Å². The Kier molecular flexibility index (Phi) is 7.55. The van der Waals surface area contributed by atoms with Gasteiger partial charge in [0.1, 0.15) is 0 Å². The number of carbonyl (C=O) groups is 1. The monoisotopic (exact) mass is 491 g/mol. The molecule has 1 aromatic rings. The van der Waals surface area contributed by atoms with Gasteiger partial charge in [-0.2, -0.15) is 0 Å². The molecule has 1 spiro atoms. The lowest BCUT2D eigenvalue weighted by Gasteiger charge is -2.52. The van der Waals surface area contributed by atoms with Gasteiger partial charge in [0.2, 0.25) is 0 Å². The topological polar surface area (TPSA) is 72.9 Å². The van der Waals surface area contributed by atoms with E-state index < -0.39 is 33.8 Å². The van der Waals surface area contributed by atoms with Gasteiger partial charge in [-0.15, -0.1) is 0 Å². The smallest absolute Gasteiger partial charge is 0.410 e. The molecule has 1 heterocycles. The molecule has 3 rings (SSSR count). The number of halogens is 3. The third kappa shape index (κ3) is 6.33. The van der Waals surface area contributed by atoms with Gasteiger partial charge in [-0.25, -0.2) is 26.4 Å². The summed E-state index contributed by atoms with van der Waals surface area (Å²) >= 11 is 0.